The monoisotopic (exact) mass is 1480 g/mol. The molecular formula is C82H160O17P2. The molecule has 0 radical (unpaired) electrons. The third kappa shape index (κ3) is 76.1. The zero-order valence-electron chi connectivity index (χ0n) is 66.2. The van der Waals surface area contributed by atoms with Gasteiger partial charge in [0.2, 0.25) is 0 Å². The highest BCUT2D eigenvalue weighted by atomic mass is 31.2. The Labute approximate surface area is 619 Å². The zero-order valence-corrected chi connectivity index (χ0v) is 68.0. The van der Waals surface area contributed by atoms with Gasteiger partial charge in [0.15, 0.2) is 12.2 Å². The van der Waals surface area contributed by atoms with Crippen LogP contribution in [-0.2, 0) is 65.4 Å². The number of hydrogen-bond donors (Lipinski definition) is 3. The Bertz CT molecular complexity index is 1940. The summed E-state index contributed by atoms with van der Waals surface area (Å²) in [4.78, 5) is 73.0. The van der Waals surface area contributed by atoms with E-state index in [-0.39, 0.29) is 25.7 Å². The Morgan fingerprint density at radius 2 is 0.455 bits per heavy atom. The maximum Gasteiger partial charge on any atom is 0.472 e. The van der Waals surface area contributed by atoms with Crippen LogP contribution in [0.25, 0.3) is 0 Å². The van der Waals surface area contributed by atoms with E-state index in [2.05, 4.69) is 41.5 Å². The lowest BCUT2D eigenvalue weighted by molar-refractivity contribution is -0.161. The molecule has 19 heteroatoms. The number of rotatable bonds is 81. The zero-order chi connectivity index (χ0) is 74.2. The Hall–Kier alpha value is -1.94. The van der Waals surface area contributed by atoms with Gasteiger partial charge in [0.25, 0.3) is 0 Å². The van der Waals surface area contributed by atoms with E-state index in [1.165, 1.54) is 244 Å². The van der Waals surface area contributed by atoms with Crippen molar-refractivity contribution < 1.29 is 80.2 Å². The minimum atomic E-state index is -4.96. The largest absolute Gasteiger partial charge is 0.472 e. The predicted molar refractivity (Wildman–Crippen MR) is 414 cm³/mol. The van der Waals surface area contributed by atoms with E-state index in [0.29, 0.717) is 31.6 Å². The van der Waals surface area contributed by atoms with Gasteiger partial charge in [-0.25, -0.2) is 9.13 Å². The lowest BCUT2D eigenvalue weighted by atomic mass is 10.0. The summed E-state index contributed by atoms with van der Waals surface area (Å²) in [7, 11) is -9.92. The molecule has 0 aliphatic carbocycles. The van der Waals surface area contributed by atoms with Gasteiger partial charge in [-0.1, -0.05) is 382 Å². The maximum absolute atomic E-state index is 13.1. The van der Waals surface area contributed by atoms with E-state index in [0.717, 1.165) is 102 Å². The number of ether oxygens (including phenoxy) is 4. The van der Waals surface area contributed by atoms with Gasteiger partial charge in [-0.2, -0.15) is 0 Å². The van der Waals surface area contributed by atoms with E-state index in [1.54, 1.807) is 0 Å². The van der Waals surface area contributed by atoms with Crippen molar-refractivity contribution in [3.05, 3.63) is 0 Å². The molecule has 2 unspecified atom stereocenters. The number of carbonyl (C=O) groups is 4. The van der Waals surface area contributed by atoms with Crippen LogP contribution in [0.1, 0.15) is 433 Å². The fraction of sp³-hybridized carbons (Fsp3) is 0.951. The van der Waals surface area contributed by atoms with E-state index in [4.69, 9.17) is 37.0 Å². The molecule has 0 saturated heterocycles. The van der Waals surface area contributed by atoms with Gasteiger partial charge < -0.3 is 33.8 Å². The van der Waals surface area contributed by atoms with Crippen LogP contribution in [-0.4, -0.2) is 96.7 Å². The average Bonchev–Trinajstić information content (AvgIpc) is 0.938. The van der Waals surface area contributed by atoms with Crippen molar-refractivity contribution >= 4 is 39.5 Å². The summed E-state index contributed by atoms with van der Waals surface area (Å²) in [6.45, 7) is 9.57. The van der Waals surface area contributed by atoms with Gasteiger partial charge >= 0.3 is 39.5 Å². The molecule has 0 aromatic carbocycles. The summed E-state index contributed by atoms with van der Waals surface area (Å²) >= 11 is 0. The molecule has 17 nitrogen and oxygen atoms in total. The molecule has 0 aromatic heterocycles. The quantitative estimate of drug-likeness (QED) is 0.0222. The molecule has 0 heterocycles. The molecule has 0 saturated carbocycles. The summed E-state index contributed by atoms with van der Waals surface area (Å²) in [6, 6.07) is 0. The second kappa shape index (κ2) is 73.6. The maximum atomic E-state index is 13.1. The molecule has 5 atom stereocenters. The van der Waals surface area contributed by atoms with Crippen LogP contribution in [0, 0.1) is 11.8 Å². The minimum absolute atomic E-state index is 0.106. The van der Waals surface area contributed by atoms with E-state index >= 15 is 0 Å². The molecule has 0 amide bonds. The topological polar surface area (TPSA) is 237 Å². The van der Waals surface area contributed by atoms with Crippen molar-refractivity contribution in [2.75, 3.05) is 39.6 Å². The average molecular weight is 1480 g/mol. The smallest absolute Gasteiger partial charge is 0.462 e. The molecule has 0 bridgehead atoms. The normalized spacial score (nSPS) is 13.9. The van der Waals surface area contributed by atoms with Gasteiger partial charge in [-0.05, 0) is 37.5 Å². The molecule has 101 heavy (non-hydrogen) atoms. The lowest BCUT2D eigenvalue weighted by Gasteiger charge is -2.21. The minimum Gasteiger partial charge on any atom is -0.462 e. The van der Waals surface area contributed by atoms with E-state index in [1.807, 2.05) is 0 Å². The van der Waals surface area contributed by atoms with Crippen molar-refractivity contribution in [3.63, 3.8) is 0 Å². The molecule has 0 spiro atoms. The van der Waals surface area contributed by atoms with Crippen LogP contribution in [0.15, 0.2) is 0 Å². The molecule has 0 fully saturated rings. The summed E-state index contributed by atoms with van der Waals surface area (Å²) in [5.74, 6) is -0.653. The fourth-order valence-electron chi connectivity index (χ4n) is 12.7. The third-order valence-electron chi connectivity index (χ3n) is 19.2. The van der Waals surface area contributed by atoms with Crippen molar-refractivity contribution in [1.82, 2.24) is 0 Å². The second-order valence-electron chi connectivity index (χ2n) is 30.5. The molecule has 0 rings (SSSR count). The Balaban J connectivity index is 5.22. The van der Waals surface area contributed by atoms with Crippen LogP contribution in [0.2, 0.25) is 0 Å². The number of esters is 4. The molecule has 600 valence electrons. The lowest BCUT2D eigenvalue weighted by Crippen LogP contribution is -2.30. The first-order valence-electron chi connectivity index (χ1n) is 42.5. The van der Waals surface area contributed by atoms with Crippen molar-refractivity contribution in [2.45, 2.75) is 452 Å². The van der Waals surface area contributed by atoms with Crippen LogP contribution < -0.4 is 0 Å². The molecule has 0 aliphatic rings. The molecule has 0 aliphatic heterocycles. The number of hydrogen-bond acceptors (Lipinski definition) is 15. The van der Waals surface area contributed by atoms with Crippen molar-refractivity contribution in [2.24, 2.45) is 11.8 Å². The van der Waals surface area contributed by atoms with Crippen LogP contribution in [0.4, 0.5) is 0 Å². The fourth-order valence-corrected chi connectivity index (χ4v) is 14.3. The van der Waals surface area contributed by atoms with Crippen LogP contribution in [0.3, 0.4) is 0 Å². The highest BCUT2D eigenvalue weighted by Gasteiger charge is 2.30. The number of aliphatic hydroxyl groups excluding tert-OH is 1. The highest BCUT2D eigenvalue weighted by Crippen LogP contribution is 2.45. The predicted octanol–water partition coefficient (Wildman–Crippen LogP) is 24.7. The molecular weight excluding hydrogens is 1320 g/mol. The number of unbranched alkanes of at least 4 members (excludes halogenated alkanes) is 51. The number of carbonyl (C=O) groups excluding carboxylic acids is 4. The first-order valence-corrected chi connectivity index (χ1v) is 45.5. The second-order valence-corrected chi connectivity index (χ2v) is 33.4. The number of aliphatic hydroxyl groups is 1. The van der Waals surface area contributed by atoms with Crippen molar-refractivity contribution in [1.29, 1.82) is 0 Å². The number of phosphoric ester groups is 2. The van der Waals surface area contributed by atoms with Crippen LogP contribution in [0.5, 0.6) is 0 Å². The summed E-state index contributed by atoms with van der Waals surface area (Å²) in [5, 5.41) is 10.6. The van der Waals surface area contributed by atoms with Crippen LogP contribution >= 0.6 is 15.6 Å². The van der Waals surface area contributed by atoms with Crippen molar-refractivity contribution in [3.8, 4) is 0 Å². The van der Waals surface area contributed by atoms with Gasteiger partial charge in [0, 0.05) is 25.7 Å². The van der Waals surface area contributed by atoms with Gasteiger partial charge in [-0.15, -0.1) is 0 Å². The SMILES string of the molecule is CCCCCCCCCCCCCCCCCCCCCC(=O)O[C@H](COC(=O)CCCCCCCCCCCCCCCCCCCC)COP(=O)(O)OC[C@@H](O)COP(=O)(O)OC[C@@H](COC(=O)CCCCCCCCC(C)C)OC(=O)CCCCCCCCCCCCCCC(C)C. The standard InChI is InChI=1S/C82H160O17P2/c1-7-9-11-13-15-17-19-21-23-25-27-29-31-33-38-42-46-54-60-66-81(86)98-77(70-92-79(84)64-58-52-45-41-37-32-30-28-26-24-22-20-18-16-14-12-10-8-2)72-96-100(88,89)94-68-76(83)69-95-101(90,91)97-73-78(71-93-80(85)65-59-53-49-48-51-57-63-75(5)6)99-82(87)67-61-55-47-43-39-35-34-36-40-44-50-56-62-74(3)4/h74-78,83H,7-73H2,1-6H3,(H,88,89)(H,90,91)/t76-,77-,78-/m1/s1. The van der Waals surface area contributed by atoms with Gasteiger partial charge in [0.1, 0.15) is 19.3 Å². The van der Waals surface area contributed by atoms with E-state index in [9.17, 15) is 43.2 Å². The first-order chi connectivity index (χ1) is 48.9. The Morgan fingerprint density at radius 1 is 0.267 bits per heavy atom. The van der Waals surface area contributed by atoms with E-state index < -0.39 is 97.5 Å². The first kappa shape index (κ1) is 99.1. The third-order valence-corrected chi connectivity index (χ3v) is 21.1. The van der Waals surface area contributed by atoms with Gasteiger partial charge in [-0.3, -0.25) is 37.3 Å². The Morgan fingerprint density at radius 3 is 0.673 bits per heavy atom. The molecule has 0 aromatic rings. The van der Waals surface area contributed by atoms with Gasteiger partial charge in [0.05, 0.1) is 26.4 Å². The molecule has 3 N–H and O–H groups in total. The number of phosphoric acid groups is 2. The highest BCUT2D eigenvalue weighted by molar-refractivity contribution is 7.47. The summed E-state index contributed by atoms with van der Waals surface area (Å²) < 4.78 is 68.7. The summed E-state index contributed by atoms with van der Waals surface area (Å²) in [6.07, 6.45) is 64.1. The summed E-state index contributed by atoms with van der Waals surface area (Å²) in [5.41, 5.74) is 0. The Kier molecular flexibility index (Phi) is 72.2.